The zero-order chi connectivity index (χ0) is 13.7. The molecule has 2 heterocycles. The number of nitrogens with one attached hydrogen (secondary N) is 2. The summed E-state index contributed by atoms with van der Waals surface area (Å²) in [6.07, 6.45) is 1.64. The number of urea groups is 1. The first kappa shape index (κ1) is 13.0. The third-order valence-corrected chi connectivity index (χ3v) is 3.11. The summed E-state index contributed by atoms with van der Waals surface area (Å²) < 4.78 is 0. The van der Waals surface area contributed by atoms with Gasteiger partial charge in [0.25, 0.3) is 0 Å². The monoisotopic (exact) mass is 277 g/mol. The molecule has 2 rings (SSSR count). The number of aromatic nitrogens is 1. The third-order valence-electron chi connectivity index (χ3n) is 2.28. The Morgan fingerprint density at radius 3 is 2.84 bits per heavy atom. The van der Waals surface area contributed by atoms with E-state index in [2.05, 4.69) is 15.6 Å². The summed E-state index contributed by atoms with van der Waals surface area (Å²) in [6.45, 7) is 0.278. The van der Waals surface area contributed by atoms with Crippen molar-refractivity contribution < 1.29 is 14.7 Å². The van der Waals surface area contributed by atoms with Crippen LogP contribution in [0, 0.1) is 0 Å². The summed E-state index contributed by atoms with van der Waals surface area (Å²) in [5.74, 6) is -1.07. The predicted molar refractivity (Wildman–Crippen MR) is 71.4 cm³/mol. The Kier molecular flexibility index (Phi) is 4.09. The molecule has 2 amide bonds. The second-order valence-corrected chi connectivity index (χ2v) is 4.51. The standard InChI is InChI=1S/C12H11N3O3S/c16-11(17)9-4-6-19-10(9)15-12(18)14-7-8-3-1-2-5-13-8/h1-6H,7H2,(H,16,17)(H2,14,15,18). The van der Waals surface area contributed by atoms with Gasteiger partial charge in [-0.25, -0.2) is 9.59 Å². The number of rotatable bonds is 4. The number of hydrogen-bond acceptors (Lipinski definition) is 4. The van der Waals surface area contributed by atoms with Gasteiger partial charge in [0.1, 0.15) is 5.00 Å². The van der Waals surface area contributed by atoms with E-state index in [0.717, 1.165) is 17.0 Å². The first-order valence-electron chi connectivity index (χ1n) is 5.42. The summed E-state index contributed by atoms with van der Waals surface area (Å²) in [5, 5.41) is 15.9. The van der Waals surface area contributed by atoms with E-state index in [1.54, 1.807) is 23.7 Å². The van der Waals surface area contributed by atoms with Crippen LogP contribution in [0.15, 0.2) is 35.8 Å². The summed E-state index contributed by atoms with van der Waals surface area (Å²) in [7, 11) is 0. The number of carboxylic acids is 1. The van der Waals surface area contributed by atoms with Crippen LogP contribution in [-0.2, 0) is 6.54 Å². The number of hydrogen-bond donors (Lipinski definition) is 3. The maximum absolute atomic E-state index is 11.6. The maximum Gasteiger partial charge on any atom is 0.338 e. The zero-order valence-electron chi connectivity index (χ0n) is 9.79. The lowest BCUT2D eigenvalue weighted by molar-refractivity contribution is 0.0698. The molecule has 0 aromatic carbocycles. The first-order valence-corrected chi connectivity index (χ1v) is 6.30. The van der Waals surface area contributed by atoms with Gasteiger partial charge in [0.2, 0.25) is 0 Å². The molecular weight excluding hydrogens is 266 g/mol. The molecule has 0 atom stereocenters. The summed E-state index contributed by atoms with van der Waals surface area (Å²) in [5.41, 5.74) is 0.806. The van der Waals surface area contributed by atoms with Crippen molar-refractivity contribution in [3.8, 4) is 0 Å². The third kappa shape index (κ3) is 3.52. The summed E-state index contributed by atoms with van der Waals surface area (Å²) in [4.78, 5) is 26.6. The number of thiophene rings is 1. The van der Waals surface area contributed by atoms with Gasteiger partial charge in [0.15, 0.2) is 0 Å². The molecule has 19 heavy (non-hydrogen) atoms. The average Bonchev–Trinajstić information content (AvgIpc) is 2.86. The molecule has 0 aliphatic carbocycles. The van der Waals surface area contributed by atoms with Crippen molar-refractivity contribution in [2.45, 2.75) is 6.54 Å². The van der Waals surface area contributed by atoms with Crippen molar-refractivity contribution >= 4 is 28.3 Å². The fourth-order valence-corrected chi connectivity index (χ4v) is 2.17. The minimum atomic E-state index is -1.07. The molecule has 0 bridgehead atoms. The van der Waals surface area contributed by atoms with Crippen molar-refractivity contribution in [3.05, 3.63) is 47.1 Å². The molecular formula is C12H11N3O3S. The Hall–Kier alpha value is -2.41. The fraction of sp³-hybridized carbons (Fsp3) is 0.0833. The molecule has 2 aromatic heterocycles. The van der Waals surface area contributed by atoms with Gasteiger partial charge < -0.3 is 10.4 Å². The van der Waals surface area contributed by atoms with E-state index in [1.807, 2.05) is 6.07 Å². The van der Waals surface area contributed by atoms with E-state index >= 15 is 0 Å². The Labute approximate surface area is 113 Å². The van der Waals surface area contributed by atoms with Crippen LogP contribution < -0.4 is 10.6 Å². The highest BCUT2D eigenvalue weighted by Crippen LogP contribution is 2.22. The molecule has 6 nitrogen and oxygen atoms in total. The molecule has 0 unspecified atom stereocenters. The van der Waals surface area contributed by atoms with Crippen molar-refractivity contribution in [3.63, 3.8) is 0 Å². The summed E-state index contributed by atoms with van der Waals surface area (Å²) in [6, 6.07) is 6.38. The number of carbonyl (C=O) groups excluding carboxylic acids is 1. The zero-order valence-corrected chi connectivity index (χ0v) is 10.6. The Balaban J connectivity index is 1.91. The highest BCUT2D eigenvalue weighted by molar-refractivity contribution is 7.14. The number of anilines is 1. The van der Waals surface area contributed by atoms with Crippen molar-refractivity contribution in [2.75, 3.05) is 5.32 Å². The Bertz CT molecular complexity index is 583. The molecule has 3 N–H and O–H groups in total. The van der Waals surface area contributed by atoms with Crippen LogP contribution in [0.3, 0.4) is 0 Å². The maximum atomic E-state index is 11.6. The van der Waals surface area contributed by atoms with Crippen LogP contribution in [-0.4, -0.2) is 22.1 Å². The molecule has 0 fully saturated rings. The van der Waals surface area contributed by atoms with Crippen molar-refractivity contribution in [1.29, 1.82) is 0 Å². The van der Waals surface area contributed by atoms with Gasteiger partial charge in [-0.3, -0.25) is 10.3 Å². The van der Waals surface area contributed by atoms with E-state index < -0.39 is 12.0 Å². The van der Waals surface area contributed by atoms with Crippen LogP contribution in [0.2, 0.25) is 0 Å². The minimum absolute atomic E-state index is 0.0815. The van der Waals surface area contributed by atoms with Gasteiger partial charge in [-0.05, 0) is 23.6 Å². The van der Waals surface area contributed by atoms with E-state index in [4.69, 9.17) is 5.11 Å². The van der Waals surface area contributed by atoms with Gasteiger partial charge in [0.05, 0.1) is 17.8 Å². The lowest BCUT2D eigenvalue weighted by Crippen LogP contribution is -2.28. The van der Waals surface area contributed by atoms with E-state index in [1.165, 1.54) is 6.07 Å². The normalized spacial score (nSPS) is 9.89. The number of nitrogens with zero attached hydrogens (tertiary/aromatic N) is 1. The number of carboxylic acid groups (broad SMARTS) is 1. The first-order chi connectivity index (χ1) is 9.16. The van der Waals surface area contributed by atoms with Gasteiger partial charge in [0, 0.05) is 6.20 Å². The largest absolute Gasteiger partial charge is 0.478 e. The molecule has 7 heteroatoms. The second kappa shape index (κ2) is 5.96. The molecule has 0 radical (unpaired) electrons. The van der Waals surface area contributed by atoms with Crippen LogP contribution in [0.1, 0.15) is 16.1 Å². The SMILES string of the molecule is O=C(NCc1ccccn1)Nc1sccc1C(=O)O. The smallest absolute Gasteiger partial charge is 0.338 e. The van der Waals surface area contributed by atoms with Crippen LogP contribution >= 0.6 is 11.3 Å². The fourth-order valence-electron chi connectivity index (χ4n) is 1.40. The van der Waals surface area contributed by atoms with Gasteiger partial charge in [-0.2, -0.15) is 0 Å². The lowest BCUT2D eigenvalue weighted by atomic mass is 10.3. The van der Waals surface area contributed by atoms with Crippen LogP contribution in [0.5, 0.6) is 0 Å². The average molecular weight is 277 g/mol. The molecule has 2 aromatic rings. The van der Waals surface area contributed by atoms with E-state index in [-0.39, 0.29) is 12.1 Å². The molecule has 0 spiro atoms. The van der Waals surface area contributed by atoms with Crippen molar-refractivity contribution in [1.82, 2.24) is 10.3 Å². The number of aromatic carboxylic acids is 1. The molecule has 0 aliphatic rings. The molecule has 0 saturated carbocycles. The van der Waals surface area contributed by atoms with Gasteiger partial charge in [-0.15, -0.1) is 11.3 Å². The van der Waals surface area contributed by atoms with Crippen molar-refractivity contribution in [2.24, 2.45) is 0 Å². The second-order valence-electron chi connectivity index (χ2n) is 3.60. The van der Waals surface area contributed by atoms with Crippen LogP contribution in [0.25, 0.3) is 0 Å². The molecule has 0 aliphatic heterocycles. The van der Waals surface area contributed by atoms with E-state index in [0.29, 0.717) is 5.00 Å². The number of pyridine rings is 1. The topological polar surface area (TPSA) is 91.3 Å². The van der Waals surface area contributed by atoms with Gasteiger partial charge >= 0.3 is 12.0 Å². The highest BCUT2D eigenvalue weighted by atomic mass is 32.1. The molecule has 98 valence electrons. The summed E-state index contributed by atoms with van der Waals surface area (Å²) >= 11 is 1.16. The highest BCUT2D eigenvalue weighted by Gasteiger charge is 2.13. The number of amides is 2. The Morgan fingerprint density at radius 1 is 1.32 bits per heavy atom. The minimum Gasteiger partial charge on any atom is -0.478 e. The van der Waals surface area contributed by atoms with E-state index in [9.17, 15) is 9.59 Å². The quantitative estimate of drug-likeness (QED) is 0.798. The molecule has 0 saturated heterocycles. The Morgan fingerprint density at radius 2 is 2.16 bits per heavy atom. The number of carbonyl (C=O) groups is 2. The van der Waals surface area contributed by atoms with Crippen LogP contribution in [0.4, 0.5) is 9.80 Å². The predicted octanol–water partition coefficient (Wildman–Crippen LogP) is 2.16. The lowest BCUT2D eigenvalue weighted by Gasteiger charge is -2.06. The van der Waals surface area contributed by atoms with Gasteiger partial charge in [-0.1, -0.05) is 6.07 Å².